The summed E-state index contributed by atoms with van der Waals surface area (Å²) in [6.45, 7) is 0.660. The largest absolute Gasteiger partial charge is 0.398 e. The average Bonchev–Trinajstić information content (AvgIpc) is 3.08. The minimum atomic E-state index is -0.420. The first-order valence-corrected chi connectivity index (χ1v) is 8.82. The Labute approximate surface area is 167 Å². The van der Waals surface area contributed by atoms with Crippen LogP contribution in [0.15, 0.2) is 40.1 Å². The maximum atomic E-state index is 13.0. The third-order valence-corrected chi connectivity index (χ3v) is 5.25. The Bertz CT molecular complexity index is 1190. The van der Waals surface area contributed by atoms with Crippen LogP contribution in [0, 0.1) is 0 Å². The number of hydrogen-bond donors (Lipinski definition) is 1. The van der Waals surface area contributed by atoms with E-state index >= 15 is 0 Å². The molecule has 0 bridgehead atoms. The van der Waals surface area contributed by atoms with Gasteiger partial charge in [0.25, 0.3) is 5.56 Å². The highest BCUT2D eigenvalue weighted by atomic mass is 35.5. The molecule has 4 rings (SSSR count). The molecule has 0 spiro atoms. The van der Waals surface area contributed by atoms with Crippen LogP contribution in [0.1, 0.15) is 12.0 Å². The van der Waals surface area contributed by atoms with Gasteiger partial charge in [-0.15, -0.1) is 12.4 Å². The molecule has 0 fully saturated rings. The summed E-state index contributed by atoms with van der Waals surface area (Å²) < 4.78 is 4.12. The highest BCUT2D eigenvalue weighted by Crippen LogP contribution is 2.31. The molecule has 8 nitrogen and oxygen atoms in total. The van der Waals surface area contributed by atoms with Gasteiger partial charge in [-0.05, 0) is 36.6 Å². The fourth-order valence-corrected chi connectivity index (χ4v) is 3.86. The Balaban J connectivity index is 0.00000225. The van der Waals surface area contributed by atoms with Crippen molar-refractivity contribution in [1.29, 1.82) is 0 Å². The van der Waals surface area contributed by atoms with E-state index in [-0.39, 0.29) is 30.4 Å². The summed E-state index contributed by atoms with van der Waals surface area (Å²) in [5.41, 5.74) is 8.26. The predicted octanol–water partition coefficient (Wildman–Crippen LogP) is 1.02. The third-order valence-electron chi connectivity index (χ3n) is 5.25. The summed E-state index contributed by atoms with van der Waals surface area (Å²) in [6.07, 6.45) is 3.37. The molecule has 3 heterocycles. The Kier molecular flexibility index (Phi) is 5.08. The fraction of sp³-hybridized carbons (Fsp3) is 0.316. The molecule has 28 heavy (non-hydrogen) atoms. The molecule has 1 aliphatic heterocycles. The van der Waals surface area contributed by atoms with E-state index in [4.69, 9.17) is 5.73 Å². The molecule has 0 aliphatic carbocycles. The van der Waals surface area contributed by atoms with Crippen molar-refractivity contribution in [2.24, 2.45) is 14.1 Å². The molecule has 1 aromatic carbocycles. The van der Waals surface area contributed by atoms with Crippen molar-refractivity contribution in [2.75, 3.05) is 17.2 Å². The monoisotopic (exact) mass is 403 g/mol. The van der Waals surface area contributed by atoms with Crippen LogP contribution in [0.3, 0.4) is 0 Å². The Hall–Kier alpha value is -3.00. The van der Waals surface area contributed by atoms with Gasteiger partial charge in [0.05, 0.1) is 5.39 Å². The number of rotatable bonds is 2. The van der Waals surface area contributed by atoms with Gasteiger partial charge in [-0.3, -0.25) is 18.7 Å². The second kappa shape index (κ2) is 7.20. The first-order valence-electron chi connectivity index (χ1n) is 8.82. The second-order valence-electron chi connectivity index (χ2n) is 6.88. The SMILES string of the molecule is Cl.Cn1c(=O)c2ccn(CC(=O)N3CCCc4c(N)cccc43)c2n(C)c1=O. The molecule has 0 radical (unpaired) electrons. The molecule has 1 aliphatic rings. The molecule has 0 saturated heterocycles. The molecule has 1 amide bonds. The number of carbonyl (C=O) groups excluding carboxylic acids is 1. The normalized spacial score (nSPS) is 13.3. The number of carbonyl (C=O) groups is 1. The van der Waals surface area contributed by atoms with Crippen LogP contribution in [-0.2, 0) is 31.9 Å². The lowest BCUT2D eigenvalue weighted by atomic mass is 10.00. The summed E-state index contributed by atoms with van der Waals surface area (Å²) in [4.78, 5) is 39.3. The summed E-state index contributed by atoms with van der Waals surface area (Å²) in [5, 5.41) is 0.413. The van der Waals surface area contributed by atoms with Gasteiger partial charge in [0.1, 0.15) is 12.2 Å². The summed E-state index contributed by atoms with van der Waals surface area (Å²) in [7, 11) is 3.05. The van der Waals surface area contributed by atoms with Crippen molar-refractivity contribution in [1.82, 2.24) is 13.7 Å². The number of amides is 1. The highest BCUT2D eigenvalue weighted by molar-refractivity contribution is 5.96. The number of fused-ring (bicyclic) bond motifs is 2. The first-order chi connectivity index (χ1) is 12.9. The van der Waals surface area contributed by atoms with Gasteiger partial charge >= 0.3 is 5.69 Å². The summed E-state index contributed by atoms with van der Waals surface area (Å²) in [6, 6.07) is 7.24. The molecule has 2 N–H and O–H groups in total. The quantitative estimate of drug-likeness (QED) is 0.646. The van der Waals surface area contributed by atoms with Crippen molar-refractivity contribution in [2.45, 2.75) is 19.4 Å². The highest BCUT2D eigenvalue weighted by Gasteiger charge is 2.24. The minimum absolute atomic E-state index is 0. The predicted molar refractivity (Wildman–Crippen MR) is 111 cm³/mol. The maximum absolute atomic E-state index is 13.0. The van der Waals surface area contributed by atoms with Crippen LogP contribution in [0.5, 0.6) is 0 Å². The van der Waals surface area contributed by atoms with Crippen LogP contribution in [0.4, 0.5) is 11.4 Å². The first kappa shape index (κ1) is 19.8. The molecule has 0 unspecified atom stereocenters. The smallest absolute Gasteiger partial charge is 0.332 e. The number of benzene rings is 1. The van der Waals surface area contributed by atoms with Crippen molar-refractivity contribution in [3.05, 3.63) is 56.9 Å². The van der Waals surface area contributed by atoms with E-state index in [2.05, 4.69) is 0 Å². The van der Waals surface area contributed by atoms with Crippen LogP contribution in [-0.4, -0.2) is 26.2 Å². The lowest BCUT2D eigenvalue weighted by Crippen LogP contribution is -2.39. The van der Waals surface area contributed by atoms with E-state index in [1.165, 1.54) is 11.6 Å². The lowest BCUT2D eigenvalue weighted by molar-refractivity contribution is -0.119. The van der Waals surface area contributed by atoms with Crippen LogP contribution in [0.25, 0.3) is 11.0 Å². The van der Waals surface area contributed by atoms with E-state index in [1.807, 2.05) is 18.2 Å². The molecule has 3 aromatic rings. The van der Waals surface area contributed by atoms with Crippen molar-refractivity contribution < 1.29 is 4.79 Å². The van der Waals surface area contributed by atoms with Crippen molar-refractivity contribution >= 4 is 40.7 Å². The van der Waals surface area contributed by atoms with Crippen LogP contribution >= 0.6 is 12.4 Å². The Morgan fingerprint density at radius 2 is 1.89 bits per heavy atom. The van der Waals surface area contributed by atoms with Gasteiger partial charge in [-0.25, -0.2) is 4.79 Å². The zero-order valence-corrected chi connectivity index (χ0v) is 16.5. The van der Waals surface area contributed by atoms with E-state index < -0.39 is 5.69 Å². The Morgan fingerprint density at radius 3 is 2.64 bits per heavy atom. The summed E-state index contributed by atoms with van der Waals surface area (Å²) >= 11 is 0. The lowest BCUT2D eigenvalue weighted by Gasteiger charge is -2.30. The number of hydrogen-bond acceptors (Lipinski definition) is 4. The van der Waals surface area contributed by atoms with E-state index in [0.29, 0.717) is 23.3 Å². The van der Waals surface area contributed by atoms with Gasteiger partial charge < -0.3 is 15.2 Å². The van der Waals surface area contributed by atoms with E-state index in [9.17, 15) is 14.4 Å². The average molecular weight is 404 g/mol. The van der Waals surface area contributed by atoms with Crippen molar-refractivity contribution in [3.63, 3.8) is 0 Å². The summed E-state index contributed by atoms with van der Waals surface area (Å²) in [5.74, 6) is -0.104. The van der Waals surface area contributed by atoms with E-state index in [1.54, 1.807) is 28.8 Å². The number of aromatic nitrogens is 3. The van der Waals surface area contributed by atoms with Gasteiger partial charge in [0.2, 0.25) is 5.91 Å². The standard InChI is InChI=1S/C19H21N5O3.ClH/c1-21-17-13(18(26)22(2)19(21)27)8-10-23(17)11-16(25)24-9-4-5-12-14(20)6-3-7-15(12)24;/h3,6-8,10H,4-5,9,11,20H2,1-2H3;1H. The molecule has 0 saturated carbocycles. The Morgan fingerprint density at radius 1 is 1.14 bits per heavy atom. The second-order valence-corrected chi connectivity index (χ2v) is 6.88. The van der Waals surface area contributed by atoms with Gasteiger partial charge in [-0.2, -0.15) is 0 Å². The van der Waals surface area contributed by atoms with Gasteiger partial charge in [0, 0.05) is 38.2 Å². The van der Waals surface area contributed by atoms with Crippen LogP contribution in [0.2, 0.25) is 0 Å². The number of nitrogens with zero attached hydrogens (tertiary/aromatic N) is 4. The number of nitrogen functional groups attached to an aromatic ring is 1. The number of aryl methyl sites for hydroxylation is 1. The third kappa shape index (κ3) is 2.90. The van der Waals surface area contributed by atoms with Crippen molar-refractivity contribution in [3.8, 4) is 0 Å². The molecule has 148 valence electrons. The molecular formula is C19H22ClN5O3. The van der Waals surface area contributed by atoms with Crippen LogP contribution < -0.4 is 21.9 Å². The zero-order chi connectivity index (χ0) is 19.3. The zero-order valence-electron chi connectivity index (χ0n) is 15.7. The molecule has 9 heteroatoms. The van der Waals surface area contributed by atoms with Gasteiger partial charge in [-0.1, -0.05) is 6.07 Å². The fourth-order valence-electron chi connectivity index (χ4n) is 3.86. The van der Waals surface area contributed by atoms with E-state index in [0.717, 1.165) is 28.7 Å². The topological polar surface area (TPSA) is 95.3 Å². The number of nitrogens with two attached hydrogens (primary N) is 1. The van der Waals surface area contributed by atoms with Gasteiger partial charge in [0.15, 0.2) is 0 Å². The number of halogens is 1. The molecule has 0 atom stereocenters. The molecular weight excluding hydrogens is 382 g/mol. The number of anilines is 2. The molecule has 2 aromatic heterocycles. The minimum Gasteiger partial charge on any atom is -0.398 e. The maximum Gasteiger partial charge on any atom is 0.332 e.